The standard InChI is InChI=1S/C43H55N3O8/c1-41(2,3)27-42(4,5)45-23-15-22-43-35(38(49)46(37(43)39(45)50)30(25-47)24-28-16-9-7-10-17-28)34-32(54-43)20-13-14-21-33(48)44-31(26-52-6)36(53-40(34)51)29-18-11-8-12-19-29/h7-13,15-20,22,30-32,34-37,47H,14,21,23-27H2,1-6H3,(H,44,48)/b20-13-/t30-,31-,32-,34+,35+,36-,37-,43+/m1/s1. The van der Waals surface area contributed by atoms with Gasteiger partial charge in [-0.15, -0.1) is 0 Å². The van der Waals surface area contributed by atoms with Gasteiger partial charge in [0.25, 0.3) is 0 Å². The van der Waals surface area contributed by atoms with Gasteiger partial charge in [0.2, 0.25) is 17.7 Å². The minimum absolute atomic E-state index is 0.0657. The van der Waals surface area contributed by atoms with Gasteiger partial charge in [0.05, 0.1) is 37.3 Å². The Bertz CT molecular complexity index is 1740. The molecule has 0 radical (unpaired) electrons. The number of methoxy groups -OCH3 is 1. The van der Waals surface area contributed by atoms with Gasteiger partial charge in [0.15, 0.2) is 0 Å². The summed E-state index contributed by atoms with van der Waals surface area (Å²) in [6.07, 6.45) is 6.81. The summed E-state index contributed by atoms with van der Waals surface area (Å²) >= 11 is 0. The fourth-order valence-corrected chi connectivity index (χ4v) is 9.30. The monoisotopic (exact) mass is 741 g/mol. The molecule has 2 fully saturated rings. The highest BCUT2D eigenvalue weighted by Gasteiger charge is 2.73. The molecule has 0 unspecified atom stereocenters. The number of fused-ring (bicyclic) bond motifs is 2. The van der Waals surface area contributed by atoms with Crippen molar-refractivity contribution in [3.63, 3.8) is 0 Å². The maximum absolute atomic E-state index is 15.3. The number of nitrogens with one attached hydrogen (secondary N) is 1. The molecule has 2 N–H and O–H groups in total. The van der Waals surface area contributed by atoms with Gasteiger partial charge in [0.1, 0.15) is 23.7 Å². The molecule has 4 aliphatic heterocycles. The highest BCUT2D eigenvalue weighted by Crippen LogP contribution is 2.54. The van der Waals surface area contributed by atoms with Gasteiger partial charge in [0, 0.05) is 25.6 Å². The number of hydrogen-bond acceptors (Lipinski definition) is 8. The molecule has 0 aromatic heterocycles. The fraction of sp³-hybridized carbons (Fsp3) is 0.535. The van der Waals surface area contributed by atoms with Crippen molar-refractivity contribution in [1.29, 1.82) is 0 Å². The highest BCUT2D eigenvalue weighted by molar-refractivity contribution is 5.99. The van der Waals surface area contributed by atoms with E-state index >= 15 is 9.59 Å². The number of aliphatic hydroxyl groups is 1. The van der Waals surface area contributed by atoms with Crippen molar-refractivity contribution in [2.45, 2.75) is 102 Å². The second-order valence-electron chi connectivity index (χ2n) is 16.9. The van der Waals surface area contributed by atoms with Crippen LogP contribution in [0.5, 0.6) is 0 Å². The largest absolute Gasteiger partial charge is 0.455 e. The van der Waals surface area contributed by atoms with Crippen LogP contribution in [0.3, 0.4) is 0 Å². The Morgan fingerprint density at radius 3 is 2.30 bits per heavy atom. The van der Waals surface area contributed by atoms with Gasteiger partial charge in [-0.3, -0.25) is 19.2 Å². The zero-order valence-corrected chi connectivity index (χ0v) is 32.3. The Kier molecular flexibility index (Phi) is 11.5. The Morgan fingerprint density at radius 1 is 0.963 bits per heavy atom. The maximum atomic E-state index is 15.3. The lowest BCUT2D eigenvalue weighted by molar-refractivity contribution is -0.163. The smallest absolute Gasteiger partial charge is 0.313 e. The van der Waals surface area contributed by atoms with E-state index in [9.17, 15) is 14.7 Å². The Morgan fingerprint density at radius 2 is 1.65 bits per heavy atom. The minimum Gasteiger partial charge on any atom is -0.455 e. The second kappa shape index (κ2) is 15.8. The number of esters is 1. The Labute approximate surface area is 318 Å². The van der Waals surface area contributed by atoms with Crippen LogP contribution in [0.1, 0.15) is 71.1 Å². The summed E-state index contributed by atoms with van der Waals surface area (Å²) in [5, 5.41) is 14.0. The molecule has 4 aliphatic rings. The molecule has 0 aliphatic carbocycles. The van der Waals surface area contributed by atoms with E-state index in [1.54, 1.807) is 12.2 Å². The van der Waals surface area contributed by atoms with Crippen LogP contribution in [0.2, 0.25) is 0 Å². The number of carbonyl (C=O) groups excluding carboxylic acids is 4. The molecule has 0 saturated carbocycles. The zero-order valence-electron chi connectivity index (χ0n) is 32.3. The van der Waals surface area contributed by atoms with Gasteiger partial charge in [-0.2, -0.15) is 0 Å². The van der Waals surface area contributed by atoms with Crippen molar-refractivity contribution >= 4 is 23.7 Å². The van der Waals surface area contributed by atoms with Crippen LogP contribution in [0, 0.1) is 17.3 Å². The van der Waals surface area contributed by atoms with E-state index in [2.05, 4.69) is 26.1 Å². The topological polar surface area (TPSA) is 135 Å². The summed E-state index contributed by atoms with van der Waals surface area (Å²) < 4.78 is 18.9. The molecule has 8 atom stereocenters. The number of cyclic esters (lactones) is 1. The molecule has 1 spiro atoms. The first kappa shape index (κ1) is 39.4. The van der Waals surface area contributed by atoms with Crippen LogP contribution in [-0.2, 0) is 39.8 Å². The van der Waals surface area contributed by atoms with E-state index in [0.29, 0.717) is 18.4 Å². The molecule has 6 rings (SSSR count). The van der Waals surface area contributed by atoms with Crippen molar-refractivity contribution in [1.82, 2.24) is 15.1 Å². The average molecular weight is 742 g/mol. The van der Waals surface area contributed by atoms with Crippen LogP contribution in [0.15, 0.2) is 85.0 Å². The SMILES string of the molecule is COC[C@H]1NC(=O)CC/C=C\[C@H]2O[C@]34C=CCN(C(C)(C)CC(C)(C)C)C(=O)[C@H]3N([C@@H](CO)Cc3ccccc3)C(=O)[C@@H]4[C@H]2C(=O)O[C@@H]1c1ccccc1. The number of aliphatic hydroxyl groups excluding tert-OH is 1. The van der Waals surface area contributed by atoms with E-state index in [-0.39, 0.29) is 43.2 Å². The number of nitrogens with zero attached hydrogens (tertiary/aromatic N) is 2. The number of hydrogen-bond donors (Lipinski definition) is 2. The van der Waals surface area contributed by atoms with E-state index in [4.69, 9.17) is 14.2 Å². The lowest BCUT2D eigenvalue weighted by Crippen LogP contribution is -2.62. The van der Waals surface area contributed by atoms with Crippen molar-refractivity contribution in [2.24, 2.45) is 17.3 Å². The Hall–Kier alpha value is -4.32. The minimum atomic E-state index is -1.55. The van der Waals surface area contributed by atoms with E-state index in [1.165, 1.54) is 12.0 Å². The summed E-state index contributed by atoms with van der Waals surface area (Å²) in [6.45, 7) is 10.4. The van der Waals surface area contributed by atoms with Crippen LogP contribution < -0.4 is 5.32 Å². The Balaban J connectivity index is 1.48. The third kappa shape index (κ3) is 7.76. The predicted octanol–water partition coefficient (Wildman–Crippen LogP) is 4.55. The lowest BCUT2D eigenvalue weighted by Gasteiger charge is -2.45. The zero-order chi connectivity index (χ0) is 38.8. The molecule has 54 heavy (non-hydrogen) atoms. The fourth-order valence-electron chi connectivity index (χ4n) is 9.30. The van der Waals surface area contributed by atoms with Gasteiger partial charge < -0.3 is 34.4 Å². The van der Waals surface area contributed by atoms with Crippen molar-refractivity contribution in [2.75, 3.05) is 26.9 Å². The third-order valence-electron chi connectivity index (χ3n) is 11.1. The molecule has 0 bridgehead atoms. The van der Waals surface area contributed by atoms with Crippen LogP contribution in [0.4, 0.5) is 0 Å². The number of amides is 3. The first-order valence-electron chi connectivity index (χ1n) is 19.0. The lowest BCUT2D eigenvalue weighted by atomic mass is 9.77. The van der Waals surface area contributed by atoms with Gasteiger partial charge in [-0.05, 0) is 49.7 Å². The summed E-state index contributed by atoms with van der Waals surface area (Å²) in [5.74, 6) is -3.96. The average Bonchev–Trinajstić information content (AvgIpc) is 3.51. The van der Waals surface area contributed by atoms with Gasteiger partial charge in [-0.25, -0.2) is 0 Å². The number of allylic oxidation sites excluding steroid dienone is 1. The normalized spacial score (nSPS) is 30.3. The molecule has 2 aromatic rings. The summed E-state index contributed by atoms with van der Waals surface area (Å²) in [6, 6.07) is 16.0. The number of carbonyl (C=O) groups is 4. The molecular weight excluding hydrogens is 686 g/mol. The molecule has 3 amide bonds. The summed E-state index contributed by atoms with van der Waals surface area (Å²) in [5.41, 5.74) is -0.743. The predicted molar refractivity (Wildman–Crippen MR) is 203 cm³/mol. The first-order chi connectivity index (χ1) is 25.7. The summed E-state index contributed by atoms with van der Waals surface area (Å²) in [7, 11) is 1.51. The van der Waals surface area contributed by atoms with Crippen molar-refractivity contribution < 1.29 is 38.5 Å². The second-order valence-corrected chi connectivity index (χ2v) is 16.9. The molecule has 4 heterocycles. The number of likely N-dealkylation sites (tertiary alicyclic amines) is 1. The first-order valence-corrected chi connectivity index (χ1v) is 19.0. The highest BCUT2D eigenvalue weighted by atomic mass is 16.6. The molecule has 11 nitrogen and oxygen atoms in total. The number of benzene rings is 2. The third-order valence-corrected chi connectivity index (χ3v) is 11.1. The molecule has 290 valence electrons. The molecule has 2 aromatic carbocycles. The van der Waals surface area contributed by atoms with Crippen LogP contribution in [-0.4, -0.2) is 101 Å². The van der Waals surface area contributed by atoms with E-state index in [0.717, 1.165) is 5.56 Å². The molecule has 2 saturated heterocycles. The van der Waals surface area contributed by atoms with Gasteiger partial charge in [-0.1, -0.05) is 106 Å². The number of rotatable bonds is 9. The van der Waals surface area contributed by atoms with E-state index in [1.807, 2.05) is 91.6 Å². The molecular formula is C43H55N3O8. The van der Waals surface area contributed by atoms with Crippen molar-refractivity contribution in [3.8, 4) is 0 Å². The number of ether oxygens (including phenoxy) is 3. The van der Waals surface area contributed by atoms with Crippen LogP contribution in [0.25, 0.3) is 0 Å². The van der Waals surface area contributed by atoms with E-state index < -0.39 is 71.8 Å². The van der Waals surface area contributed by atoms with Crippen LogP contribution >= 0.6 is 0 Å². The van der Waals surface area contributed by atoms with Gasteiger partial charge >= 0.3 is 5.97 Å². The van der Waals surface area contributed by atoms with Crippen molar-refractivity contribution in [3.05, 3.63) is 96.1 Å². The maximum Gasteiger partial charge on any atom is 0.313 e. The molecule has 11 heteroatoms. The quantitative estimate of drug-likeness (QED) is 0.283. The summed E-state index contributed by atoms with van der Waals surface area (Å²) in [4.78, 5) is 61.8.